The van der Waals surface area contributed by atoms with Crippen LogP contribution in [0.3, 0.4) is 0 Å². The summed E-state index contributed by atoms with van der Waals surface area (Å²) in [7, 11) is -10.1. The molecule has 0 fully saturated rings. The molecule has 0 aliphatic carbocycles. The predicted molar refractivity (Wildman–Crippen MR) is 105 cm³/mol. The van der Waals surface area contributed by atoms with Gasteiger partial charge < -0.3 is 0 Å². The van der Waals surface area contributed by atoms with Crippen LogP contribution in [0.25, 0.3) is 0 Å². The van der Waals surface area contributed by atoms with Gasteiger partial charge in [0.1, 0.15) is 8.24 Å². The third kappa shape index (κ3) is 8.35. The van der Waals surface area contributed by atoms with Gasteiger partial charge in [0.25, 0.3) is 0 Å². The fourth-order valence-corrected chi connectivity index (χ4v) is 12.5. The number of rotatable bonds is 15. The Balaban J connectivity index is 6.00. The molecule has 10 heteroatoms. The quantitative estimate of drug-likeness (QED) is 0.237. The van der Waals surface area contributed by atoms with Crippen LogP contribution in [-0.4, -0.2) is 38.8 Å². The van der Waals surface area contributed by atoms with Gasteiger partial charge in [0.2, 0.25) is 0 Å². The van der Waals surface area contributed by atoms with E-state index in [0.29, 0.717) is 25.7 Å². The van der Waals surface area contributed by atoms with Crippen LogP contribution < -0.4 is 0 Å². The van der Waals surface area contributed by atoms with Gasteiger partial charge in [-0.05, 0) is 25.7 Å². The summed E-state index contributed by atoms with van der Waals surface area (Å²) < 4.78 is 51.2. The summed E-state index contributed by atoms with van der Waals surface area (Å²) in [6.45, 7) is 14.5. The molecule has 0 N–H and O–H groups in total. The standard InChI is InChI=1S/C15H37NO6P2Si/c1-8-12-19-23(17,20-13-9-2)16(25(5,6)7)24(18,21-14-10-3)22-15-11-4/h8-15H2,1-7H3. The Morgan fingerprint density at radius 2 is 0.880 bits per heavy atom. The predicted octanol–water partition coefficient (Wildman–Crippen LogP) is 6.05. The Labute approximate surface area is 155 Å². The summed E-state index contributed by atoms with van der Waals surface area (Å²) >= 11 is 0. The minimum Gasteiger partial charge on any atom is -0.297 e. The van der Waals surface area contributed by atoms with Crippen LogP contribution in [0.15, 0.2) is 0 Å². The van der Waals surface area contributed by atoms with E-state index in [2.05, 4.69) is 0 Å². The second-order valence-electron chi connectivity index (χ2n) is 6.73. The van der Waals surface area contributed by atoms with Crippen molar-refractivity contribution >= 4 is 23.7 Å². The first-order valence-corrected chi connectivity index (χ1v) is 15.6. The minimum atomic E-state index is -3.80. The molecule has 25 heavy (non-hydrogen) atoms. The van der Waals surface area contributed by atoms with E-state index in [1.54, 1.807) is 0 Å². The molecule has 7 nitrogen and oxygen atoms in total. The molecule has 0 saturated heterocycles. The maximum Gasteiger partial charge on any atom is 0.411 e. The van der Waals surface area contributed by atoms with Crippen LogP contribution in [0.4, 0.5) is 0 Å². The zero-order chi connectivity index (χ0) is 19.6. The first-order chi connectivity index (χ1) is 11.6. The Bertz CT molecular complexity index is 400. The monoisotopic (exact) mass is 417 g/mol. The van der Waals surface area contributed by atoms with Crippen molar-refractivity contribution in [3.8, 4) is 0 Å². The summed E-state index contributed by atoms with van der Waals surface area (Å²) in [5, 5.41) is 0. The molecule has 152 valence electrons. The van der Waals surface area contributed by atoms with Crippen LogP contribution in [-0.2, 0) is 27.2 Å². The number of hydrogen-bond donors (Lipinski definition) is 0. The van der Waals surface area contributed by atoms with E-state index in [-0.39, 0.29) is 26.4 Å². The maximum absolute atomic E-state index is 13.6. The van der Waals surface area contributed by atoms with Crippen molar-refractivity contribution in [3.63, 3.8) is 0 Å². The molecule has 0 aromatic carbocycles. The molecule has 0 amide bonds. The second-order valence-corrected chi connectivity index (χ2v) is 16.3. The van der Waals surface area contributed by atoms with Crippen LogP contribution in [0.2, 0.25) is 19.6 Å². The maximum atomic E-state index is 13.6. The van der Waals surface area contributed by atoms with Gasteiger partial charge in [-0.3, -0.25) is 18.1 Å². The average molecular weight is 417 g/mol. The van der Waals surface area contributed by atoms with Gasteiger partial charge in [-0.2, -0.15) is 0 Å². The highest BCUT2D eigenvalue weighted by molar-refractivity contribution is 7.70. The molecule has 0 heterocycles. The van der Waals surface area contributed by atoms with Crippen LogP contribution in [0.1, 0.15) is 53.4 Å². The smallest absolute Gasteiger partial charge is 0.297 e. The van der Waals surface area contributed by atoms with Crippen molar-refractivity contribution in [1.29, 1.82) is 0 Å². The topological polar surface area (TPSA) is 74.3 Å². The Hall–Kier alpha value is 0.477. The normalized spacial score (nSPS) is 13.6. The summed E-state index contributed by atoms with van der Waals surface area (Å²) in [5.74, 6) is 0. The average Bonchev–Trinajstić information content (AvgIpc) is 2.53. The molecule has 0 rings (SSSR count). The van der Waals surface area contributed by atoms with Crippen LogP contribution >= 0.6 is 15.5 Å². The van der Waals surface area contributed by atoms with E-state index >= 15 is 0 Å². The molecule has 0 aromatic rings. The molecule has 0 aromatic heterocycles. The summed E-state index contributed by atoms with van der Waals surface area (Å²) in [6, 6.07) is 0. The van der Waals surface area contributed by atoms with E-state index in [1.807, 2.05) is 47.3 Å². The van der Waals surface area contributed by atoms with Crippen LogP contribution in [0.5, 0.6) is 0 Å². The molecule has 0 aliphatic rings. The fourth-order valence-electron chi connectivity index (χ4n) is 1.99. The molecule has 0 bridgehead atoms. The van der Waals surface area contributed by atoms with Gasteiger partial charge in [-0.25, -0.2) is 9.13 Å². The van der Waals surface area contributed by atoms with E-state index < -0.39 is 23.7 Å². The van der Waals surface area contributed by atoms with Crippen molar-refractivity contribution in [3.05, 3.63) is 0 Å². The lowest BCUT2D eigenvalue weighted by Crippen LogP contribution is -2.43. The first kappa shape index (κ1) is 25.5. The van der Waals surface area contributed by atoms with E-state index in [0.717, 1.165) is 0 Å². The highest BCUT2D eigenvalue weighted by Crippen LogP contribution is 2.71. The Morgan fingerprint density at radius 1 is 0.640 bits per heavy atom. The van der Waals surface area contributed by atoms with Crippen LogP contribution in [0, 0.1) is 0 Å². The Kier molecular flexibility index (Phi) is 12.3. The Morgan fingerprint density at radius 3 is 1.04 bits per heavy atom. The van der Waals surface area contributed by atoms with Gasteiger partial charge in [-0.1, -0.05) is 47.3 Å². The third-order valence-corrected chi connectivity index (χ3v) is 13.4. The summed E-state index contributed by atoms with van der Waals surface area (Å²) in [6.07, 6.45) is 2.70. The zero-order valence-electron chi connectivity index (χ0n) is 16.9. The largest absolute Gasteiger partial charge is 0.411 e. The van der Waals surface area contributed by atoms with Gasteiger partial charge in [0, 0.05) is 0 Å². The highest BCUT2D eigenvalue weighted by Gasteiger charge is 2.54. The fraction of sp³-hybridized carbons (Fsp3) is 1.00. The number of hydrogen-bond acceptors (Lipinski definition) is 6. The third-order valence-electron chi connectivity index (χ3n) is 2.90. The first-order valence-electron chi connectivity index (χ1n) is 9.20. The van der Waals surface area contributed by atoms with Gasteiger partial charge in [0.15, 0.2) is 0 Å². The van der Waals surface area contributed by atoms with E-state index in [4.69, 9.17) is 18.1 Å². The van der Waals surface area contributed by atoms with Gasteiger partial charge in [0.05, 0.1) is 26.4 Å². The molecular weight excluding hydrogens is 380 g/mol. The van der Waals surface area contributed by atoms with Crippen molar-refractivity contribution < 1.29 is 27.2 Å². The SMILES string of the molecule is CCCOP(=O)(OCCC)N([Si](C)(C)C)P(=O)(OCCC)OCCC. The zero-order valence-corrected chi connectivity index (χ0v) is 19.7. The lowest BCUT2D eigenvalue weighted by molar-refractivity contribution is 0.157. The van der Waals surface area contributed by atoms with E-state index in [9.17, 15) is 9.13 Å². The van der Waals surface area contributed by atoms with Gasteiger partial charge in [-0.15, -0.1) is 4.11 Å². The second kappa shape index (κ2) is 12.0. The molecule has 0 atom stereocenters. The summed E-state index contributed by atoms with van der Waals surface area (Å²) in [5.41, 5.74) is 0. The number of nitrogens with zero attached hydrogens (tertiary/aromatic N) is 1. The van der Waals surface area contributed by atoms with Gasteiger partial charge >= 0.3 is 15.5 Å². The molecule has 0 aliphatic heterocycles. The molecule has 0 radical (unpaired) electrons. The van der Waals surface area contributed by atoms with Crippen molar-refractivity contribution in [1.82, 2.24) is 4.11 Å². The van der Waals surface area contributed by atoms with E-state index in [1.165, 1.54) is 4.11 Å². The molecule has 0 unspecified atom stereocenters. The van der Waals surface area contributed by atoms with Crippen molar-refractivity contribution in [2.75, 3.05) is 26.4 Å². The molecular formula is C15H37NO6P2Si. The lowest BCUT2D eigenvalue weighted by atomic mass is 10.5. The highest BCUT2D eigenvalue weighted by atomic mass is 31.3. The molecule has 0 saturated carbocycles. The van der Waals surface area contributed by atoms with Crippen molar-refractivity contribution in [2.45, 2.75) is 73.0 Å². The summed E-state index contributed by atoms with van der Waals surface area (Å²) in [4.78, 5) is 0. The molecule has 0 spiro atoms. The minimum absolute atomic E-state index is 0.253. The lowest BCUT2D eigenvalue weighted by Gasteiger charge is -2.41. The van der Waals surface area contributed by atoms with Crippen molar-refractivity contribution in [2.24, 2.45) is 0 Å².